The second kappa shape index (κ2) is 10.7. The number of hydrogen-bond acceptors (Lipinski definition) is 5. The van der Waals surface area contributed by atoms with Crippen LogP contribution in [0.4, 0.5) is 16.2 Å². The summed E-state index contributed by atoms with van der Waals surface area (Å²) < 4.78 is 10.7. The van der Waals surface area contributed by atoms with Crippen LogP contribution in [0.2, 0.25) is 5.02 Å². The SMILES string of the molecule is CC(Oc1ccc(Cl)cc1)C(=O)Nc1ccc(NC(=O)CNC(=O)OC(C)(C)C)cc1. The molecule has 8 nitrogen and oxygen atoms in total. The van der Waals surface area contributed by atoms with Crippen molar-refractivity contribution in [3.05, 3.63) is 53.6 Å². The number of nitrogens with one attached hydrogen (secondary N) is 3. The van der Waals surface area contributed by atoms with E-state index >= 15 is 0 Å². The Morgan fingerprint density at radius 1 is 0.935 bits per heavy atom. The molecule has 0 spiro atoms. The fraction of sp³-hybridized carbons (Fsp3) is 0.318. The maximum Gasteiger partial charge on any atom is 0.408 e. The standard InChI is InChI=1S/C22H26ClN3O5/c1-14(30-18-11-5-15(23)6-12-18)20(28)26-17-9-7-16(8-10-17)25-19(27)13-24-21(29)31-22(2,3)4/h5-12,14H,13H2,1-4H3,(H,24,29)(H,25,27)(H,26,28). The van der Waals surface area contributed by atoms with Gasteiger partial charge >= 0.3 is 6.09 Å². The molecule has 2 aromatic rings. The predicted octanol–water partition coefficient (Wildman–Crippen LogP) is 4.21. The average Bonchev–Trinajstić information content (AvgIpc) is 2.68. The van der Waals surface area contributed by atoms with E-state index in [1.807, 2.05) is 0 Å². The number of carbonyl (C=O) groups is 3. The third-order valence-corrected chi connectivity index (χ3v) is 3.98. The quantitative estimate of drug-likeness (QED) is 0.589. The van der Waals surface area contributed by atoms with Gasteiger partial charge in [0.05, 0.1) is 0 Å². The number of alkyl carbamates (subject to hydrolysis) is 1. The molecular formula is C22H26ClN3O5. The van der Waals surface area contributed by atoms with Gasteiger partial charge in [0.1, 0.15) is 17.9 Å². The predicted molar refractivity (Wildman–Crippen MR) is 119 cm³/mol. The lowest BCUT2D eigenvalue weighted by Crippen LogP contribution is -2.37. The van der Waals surface area contributed by atoms with Crippen molar-refractivity contribution in [2.75, 3.05) is 17.2 Å². The molecule has 2 aromatic carbocycles. The number of benzene rings is 2. The summed E-state index contributed by atoms with van der Waals surface area (Å²) in [4.78, 5) is 35.8. The Balaban J connectivity index is 1.80. The van der Waals surface area contributed by atoms with E-state index in [0.717, 1.165) is 0 Å². The average molecular weight is 448 g/mol. The Morgan fingerprint density at radius 3 is 2.03 bits per heavy atom. The molecule has 3 amide bonds. The molecule has 0 saturated heterocycles. The largest absolute Gasteiger partial charge is 0.481 e. The van der Waals surface area contributed by atoms with Gasteiger partial charge in [-0.2, -0.15) is 0 Å². The third kappa shape index (κ3) is 8.96. The number of hydrogen-bond donors (Lipinski definition) is 3. The first-order valence-corrected chi connectivity index (χ1v) is 9.99. The molecule has 166 valence electrons. The van der Waals surface area contributed by atoms with Crippen molar-refractivity contribution in [3.8, 4) is 5.75 Å². The van der Waals surface area contributed by atoms with E-state index in [1.165, 1.54) is 0 Å². The van der Waals surface area contributed by atoms with Crippen molar-refractivity contribution < 1.29 is 23.9 Å². The minimum atomic E-state index is -0.723. The molecule has 0 heterocycles. The third-order valence-electron chi connectivity index (χ3n) is 3.72. The zero-order valence-electron chi connectivity index (χ0n) is 17.8. The number of carbonyl (C=O) groups excluding carboxylic acids is 3. The Labute approximate surface area is 186 Å². The Morgan fingerprint density at radius 2 is 1.48 bits per heavy atom. The number of anilines is 2. The fourth-order valence-electron chi connectivity index (χ4n) is 2.32. The molecule has 0 aliphatic heterocycles. The van der Waals surface area contributed by atoms with Crippen LogP contribution in [0.15, 0.2) is 48.5 Å². The lowest BCUT2D eigenvalue weighted by Gasteiger charge is -2.19. The van der Waals surface area contributed by atoms with Crippen molar-refractivity contribution in [1.29, 1.82) is 0 Å². The zero-order chi connectivity index (χ0) is 23.0. The van der Waals surface area contributed by atoms with Gasteiger partial charge in [-0.15, -0.1) is 0 Å². The van der Waals surface area contributed by atoms with E-state index < -0.39 is 23.7 Å². The number of rotatable bonds is 7. The first-order valence-electron chi connectivity index (χ1n) is 9.62. The van der Waals surface area contributed by atoms with E-state index in [9.17, 15) is 14.4 Å². The van der Waals surface area contributed by atoms with Crippen molar-refractivity contribution in [2.45, 2.75) is 39.4 Å². The molecular weight excluding hydrogens is 422 g/mol. The van der Waals surface area contributed by atoms with E-state index in [0.29, 0.717) is 22.1 Å². The molecule has 0 fully saturated rings. The van der Waals surface area contributed by atoms with Crippen LogP contribution in [-0.2, 0) is 14.3 Å². The van der Waals surface area contributed by atoms with Gasteiger partial charge in [0, 0.05) is 16.4 Å². The number of amides is 3. The van der Waals surface area contributed by atoms with Crippen LogP contribution in [0.25, 0.3) is 0 Å². The lowest BCUT2D eigenvalue weighted by molar-refractivity contribution is -0.122. The molecule has 0 bridgehead atoms. The molecule has 0 radical (unpaired) electrons. The number of ether oxygens (including phenoxy) is 2. The van der Waals surface area contributed by atoms with Crippen LogP contribution < -0.4 is 20.7 Å². The van der Waals surface area contributed by atoms with E-state index in [2.05, 4.69) is 16.0 Å². The molecule has 3 N–H and O–H groups in total. The monoisotopic (exact) mass is 447 g/mol. The summed E-state index contributed by atoms with van der Waals surface area (Å²) in [5.41, 5.74) is 0.416. The summed E-state index contributed by atoms with van der Waals surface area (Å²) in [6.07, 6.45) is -1.39. The molecule has 31 heavy (non-hydrogen) atoms. The molecule has 0 saturated carbocycles. The van der Waals surface area contributed by atoms with Gasteiger partial charge in [-0.05, 0) is 76.2 Å². The molecule has 0 aromatic heterocycles. The zero-order valence-corrected chi connectivity index (χ0v) is 18.6. The van der Waals surface area contributed by atoms with E-state index in [4.69, 9.17) is 21.1 Å². The van der Waals surface area contributed by atoms with Crippen molar-refractivity contribution in [2.24, 2.45) is 0 Å². The molecule has 9 heteroatoms. The normalized spacial score (nSPS) is 11.8. The summed E-state index contributed by atoms with van der Waals surface area (Å²) in [5.74, 6) is -0.203. The molecule has 1 atom stereocenters. The Kier molecular flexibility index (Phi) is 8.27. The summed E-state index contributed by atoms with van der Waals surface area (Å²) in [5, 5.41) is 8.34. The van der Waals surface area contributed by atoms with Crippen molar-refractivity contribution in [1.82, 2.24) is 5.32 Å². The lowest BCUT2D eigenvalue weighted by atomic mass is 10.2. The highest BCUT2D eigenvalue weighted by Crippen LogP contribution is 2.18. The first-order chi connectivity index (χ1) is 14.5. The van der Waals surface area contributed by atoms with Crippen molar-refractivity contribution in [3.63, 3.8) is 0 Å². The van der Waals surface area contributed by atoms with Crippen molar-refractivity contribution >= 4 is 40.9 Å². The molecule has 1 unspecified atom stereocenters. The fourth-order valence-corrected chi connectivity index (χ4v) is 2.45. The van der Waals surface area contributed by atoms with Crippen LogP contribution in [0.5, 0.6) is 5.75 Å². The van der Waals surface area contributed by atoms with Gasteiger partial charge in [0.2, 0.25) is 5.91 Å². The van der Waals surface area contributed by atoms with Gasteiger partial charge in [0.25, 0.3) is 5.91 Å². The summed E-state index contributed by atoms with van der Waals surface area (Å²) in [6, 6.07) is 13.3. The molecule has 0 aliphatic rings. The summed E-state index contributed by atoms with van der Waals surface area (Å²) in [7, 11) is 0. The van der Waals surface area contributed by atoms with Gasteiger partial charge in [0.15, 0.2) is 6.10 Å². The second-order valence-corrected chi connectivity index (χ2v) is 8.12. The van der Waals surface area contributed by atoms with Crippen LogP contribution in [0.3, 0.4) is 0 Å². The summed E-state index contributed by atoms with van der Waals surface area (Å²) in [6.45, 7) is 6.61. The Hall–Kier alpha value is -3.26. The highest BCUT2D eigenvalue weighted by atomic mass is 35.5. The highest BCUT2D eigenvalue weighted by Gasteiger charge is 2.17. The van der Waals surface area contributed by atoms with E-state index in [-0.39, 0.29) is 12.5 Å². The van der Waals surface area contributed by atoms with Gasteiger partial charge in [-0.25, -0.2) is 4.79 Å². The maximum absolute atomic E-state index is 12.3. The van der Waals surface area contributed by atoms with Crippen LogP contribution in [0.1, 0.15) is 27.7 Å². The van der Waals surface area contributed by atoms with Gasteiger partial charge in [-0.3, -0.25) is 9.59 Å². The molecule has 2 rings (SSSR count). The topological polar surface area (TPSA) is 106 Å². The van der Waals surface area contributed by atoms with Crippen LogP contribution in [-0.4, -0.2) is 36.2 Å². The highest BCUT2D eigenvalue weighted by molar-refractivity contribution is 6.30. The first kappa shape index (κ1) is 24.0. The second-order valence-electron chi connectivity index (χ2n) is 7.68. The maximum atomic E-state index is 12.3. The smallest absolute Gasteiger partial charge is 0.408 e. The summed E-state index contributed by atoms with van der Waals surface area (Å²) >= 11 is 5.83. The van der Waals surface area contributed by atoms with Gasteiger partial charge in [-0.1, -0.05) is 11.6 Å². The minimum Gasteiger partial charge on any atom is -0.481 e. The van der Waals surface area contributed by atoms with Gasteiger partial charge < -0.3 is 25.4 Å². The molecule has 0 aliphatic carbocycles. The van der Waals surface area contributed by atoms with Crippen LogP contribution in [0, 0.1) is 0 Å². The van der Waals surface area contributed by atoms with Crippen LogP contribution >= 0.6 is 11.6 Å². The minimum absolute atomic E-state index is 0.229. The Bertz CT molecular complexity index is 908. The number of halogens is 1. The van der Waals surface area contributed by atoms with E-state index in [1.54, 1.807) is 76.2 Å².